The van der Waals surface area contributed by atoms with Crippen LogP contribution in [0, 0.1) is 11.8 Å². The summed E-state index contributed by atoms with van der Waals surface area (Å²) in [5, 5.41) is 1.93. The van der Waals surface area contributed by atoms with E-state index in [9.17, 15) is 14.4 Å². The smallest absolute Gasteiger partial charge is 0.318 e. The van der Waals surface area contributed by atoms with E-state index in [4.69, 9.17) is 10.5 Å². The predicted octanol–water partition coefficient (Wildman–Crippen LogP) is 1.11. The topological polar surface area (TPSA) is 98.5 Å². The third-order valence-corrected chi connectivity index (χ3v) is 2.91. The zero-order valence-electron chi connectivity index (χ0n) is 11.2. The van der Waals surface area contributed by atoms with Gasteiger partial charge in [0, 0.05) is 0 Å². The van der Waals surface area contributed by atoms with Gasteiger partial charge in [0.05, 0.1) is 6.42 Å². The number of urea groups is 1. The number of carbonyl (C=O) groups is 3. The van der Waals surface area contributed by atoms with Crippen molar-refractivity contribution >= 4 is 17.9 Å². The summed E-state index contributed by atoms with van der Waals surface area (Å²) in [7, 11) is 0. The first-order valence-corrected chi connectivity index (χ1v) is 6.36. The third kappa shape index (κ3) is 5.11. The Kier molecular flexibility index (Phi) is 5.54. The maximum absolute atomic E-state index is 11.8. The van der Waals surface area contributed by atoms with Gasteiger partial charge in [0.1, 0.15) is 0 Å². The fraction of sp³-hybridized carbons (Fsp3) is 0.615. The molecule has 0 aromatic rings. The van der Waals surface area contributed by atoms with Gasteiger partial charge in [0.25, 0.3) is 5.91 Å². The predicted molar refractivity (Wildman–Crippen MR) is 68.9 cm³/mol. The molecule has 6 nitrogen and oxygen atoms in total. The number of rotatable bonds is 5. The molecule has 1 rings (SSSR count). The quantitative estimate of drug-likeness (QED) is 0.576. The number of hydrogen-bond donors (Lipinski definition) is 2. The zero-order valence-corrected chi connectivity index (χ0v) is 11.2. The highest BCUT2D eigenvalue weighted by Crippen LogP contribution is 2.21. The first kappa shape index (κ1) is 15.2. The van der Waals surface area contributed by atoms with Gasteiger partial charge in [-0.1, -0.05) is 26.0 Å². The fourth-order valence-corrected chi connectivity index (χ4v) is 1.95. The Balaban J connectivity index is 2.52. The van der Waals surface area contributed by atoms with E-state index in [1.165, 1.54) is 0 Å². The molecule has 0 unspecified atom stereocenters. The zero-order chi connectivity index (χ0) is 14.4. The SMILES string of the molecule is CC(C)[C@@H](OC(=O)C[C@@H]1C=CCC1)C(=O)NC(N)=O. The number of ether oxygens (including phenoxy) is 1. The van der Waals surface area contributed by atoms with E-state index in [0.29, 0.717) is 0 Å². The molecule has 0 aromatic heterocycles. The van der Waals surface area contributed by atoms with Gasteiger partial charge in [-0.25, -0.2) is 4.79 Å². The summed E-state index contributed by atoms with van der Waals surface area (Å²) in [6.07, 6.45) is 5.16. The van der Waals surface area contributed by atoms with Gasteiger partial charge in [-0.2, -0.15) is 0 Å². The van der Waals surface area contributed by atoms with Gasteiger partial charge >= 0.3 is 12.0 Å². The molecule has 0 saturated carbocycles. The van der Waals surface area contributed by atoms with Crippen molar-refractivity contribution in [3.05, 3.63) is 12.2 Å². The highest BCUT2D eigenvalue weighted by molar-refractivity contribution is 5.96. The molecule has 19 heavy (non-hydrogen) atoms. The van der Waals surface area contributed by atoms with E-state index in [2.05, 4.69) is 0 Å². The average Bonchev–Trinajstić information content (AvgIpc) is 2.77. The van der Waals surface area contributed by atoms with Gasteiger partial charge in [0.15, 0.2) is 6.10 Å². The highest BCUT2D eigenvalue weighted by atomic mass is 16.5. The molecule has 0 radical (unpaired) electrons. The Bertz CT molecular complexity index is 390. The first-order valence-electron chi connectivity index (χ1n) is 6.36. The van der Waals surface area contributed by atoms with E-state index in [0.717, 1.165) is 12.8 Å². The molecule has 0 spiro atoms. The van der Waals surface area contributed by atoms with Crippen molar-refractivity contribution in [1.82, 2.24) is 5.32 Å². The molecule has 106 valence electrons. The van der Waals surface area contributed by atoms with Crippen molar-refractivity contribution < 1.29 is 19.1 Å². The molecule has 3 amide bonds. The molecule has 0 fully saturated rings. The van der Waals surface area contributed by atoms with Crippen LogP contribution in [0.2, 0.25) is 0 Å². The van der Waals surface area contributed by atoms with Gasteiger partial charge < -0.3 is 10.5 Å². The molecule has 6 heteroatoms. The molecule has 1 aliphatic carbocycles. The number of imide groups is 1. The number of esters is 1. The van der Waals surface area contributed by atoms with Crippen LogP contribution in [0.25, 0.3) is 0 Å². The monoisotopic (exact) mass is 268 g/mol. The molecule has 3 N–H and O–H groups in total. The van der Waals surface area contributed by atoms with Crippen molar-refractivity contribution in [3.8, 4) is 0 Å². The molecular weight excluding hydrogens is 248 g/mol. The van der Waals surface area contributed by atoms with Gasteiger partial charge in [-0.3, -0.25) is 14.9 Å². The molecular formula is C13H20N2O4. The summed E-state index contributed by atoms with van der Waals surface area (Å²) in [4.78, 5) is 34.1. The summed E-state index contributed by atoms with van der Waals surface area (Å²) in [6.45, 7) is 3.46. The van der Waals surface area contributed by atoms with E-state index >= 15 is 0 Å². The Morgan fingerprint density at radius 3 is 2.58 bits per heavy atom. The Hall–Kier alpha value is -1.85. The van der Waals surface area contributed by atoms with Gasteiger partial charge in [-0.05, 0) is 24.7 Å². The lowest BCUT2D eigenvalue weighted by Crippen LogP contribution is -2.45. The van der Waals surface area contributed by atoms with Crippen molar-refractivity contribution in [2.75, 3.05) is 0 Å². The van der Waals surface area contributed by atoms with Crippen LogP contribution in [-0.2, 0) is 14.3 Å². The van der Waals surface area contributed by atoms with Gasteiger partial charge in [0.2, 0.25) is 0 Å². The molecule has 0 aliphatic heterocycles. The number of primary amides is 1. The molecule has 2 atom stereocenters. The average molecular weight is 268 g/mol. The number of allylic oxidation sites excluding steroid dienone is 2. The lowest BCUT2D eigenvalue weighted by atomic mass is 10.0. The summed E-state index contributed by atoms with van der Waals surface area (Å²) in [5.74, 6) is -1.17. The standard InChI is InChI=1S/C13H20N2O4/c1-8(2)11(12(17)15-13(14)18)19-10(16)7-9-5-3-4-6-9/h3,5,8-9,11H,4,6-7H2,1-2H3,(H3,14,15,17,18)/t9-,11-/m1/s1. The third-order valence-electron chi connectivity index (χ3n) is 2.91. The van der Waals surface area contributed by atoms with Crippen molar-refractivity contribution in [2.24, 2.45) is 17.6 Å². The van der Waals surface area contributed by atoms with Crippen LogP contribution in [0.5, 0.6) is 0 Å². The van der Waals surface area contributed by atoms with Crippen LogP contribution in [0.1, 0.15) is 33.1 Å². The van der Waals surface area contributed by atoms with Crippen LogP contribution < -0.4 is 11.1 Å². The molecule has 0 heterocycles. The van der Waals surface area contributed by atoms with E-state index < -0.39 is 24.0 Å². The lowest BCUT2D eigenvalue weighted by molar-refractivity contribution is -0.158. The van der Waals surface area contributed by atoms with Crippen LogP contribution >= 0.6 is 0 Å². The minimum atomic E-state index is -0.995. The van der Waals surface area contributed by atoms with Crippen LogP contribution in [0.3, 0.4) is 0 Å². The summed E-state index contributed by atoms with van der Waals surface area (Å²) < 4.78 is 5.14. The molecule has 0 saturated heterocycles. The number of hydrogen-bond acceptors (Lipinski definition) is 4. The van der Waals surface area contributed by atoms with E-state index in [1.54, 1.807) is 13.8 Å². The number of nitrogens with one attached hydrogen (secondary N) is 1. The second-order valence-corrected chi connectivity index (χ2v) is 4.98. The molecule has 1 aliphatic rings. The second-order valence-electron chi connectivity index (χ2n) is 4.98. The molecule has 0 bridgehead atoms. The Morgan fingerprint density at radius 2 is 2.11 bits per heavy atom. The van der Waals surface area contributed by atoms with Crippen LogP contribution in [0.15, 0.2) is 12.2 Å². The normalized spacial score (nSPS) is 19.2. The van der Waals surface area contributed by atoms with Crippen molar-refractivity contribution in [2.45, 2.75) is 39.2 Å². The maximum Gasteiger partial charge on any atom is 0.318 e. The highest BCUT2D eigenvalue weighted by Gasteiger charge is 2.28. The van der Waals surface area contributed by atoms with Crippen molar-refractivity contribution in [3.63, 3.8) is 0 Å². The lowest BCUT2D eigenvalue weighted by Gasteiger charge is -2.20. The molecule has 0 aromatic carbocycles. The summed E-state index contributed by atoms with van der Waals surface area (Å²) in [6, 6.07) is -0.953. The maximum atomic E-state index is 11.8. The largest absolute Gasteiger partial charge is 0.452 e. The number of nitrogens with two attached hydrogens (primary N) is 1. The second kappa shape index (κ2) is 6.92. The van der Waals surface area contributed by atoms with Crippen molar-refractivity contribution in [1.29, 1.82) is 0 Å². The number of carbonyl (C=O) groups excluding carboxylic acids is 3. The minimum Gasteiger partial charge on any atom is -0.452 e. The van der Waals surface area contributed by atoms with Crippen LogP contribution in [-0.4, -0.2) is 24.0 Å². The Labute approximate surface area is 112 Å². The van der Waals surface area contributed by atoms with E-state index in [1.807, 2.05) is 17.5 Å². The van der Waals surface area contributed by atoms with E-state index in [-0.39, 0.29) is 18.3 Å². The number of amides is 3. The summed E-state index contributed by atoms with van der Waals surface area (Å²) >= 11 is 0. The van der Waals surface area contributed by atoms with Gasteiger partial charge in [-0.15, -0.1) is 0 Å². The minimum absolute atomic E-state index is 0.180. The Morgan fingerprint density at radius 1 is 1.42 bits per heavy atom. The first-order chi connectivity index (χ1) is 8.90. The fourth-order valence-electron chi connectivity index (χ4n) is 1.95. The summed E-state index contributed by atoms with van der Waals surface area (Å²) in [5.41, 5.74) is 4.87. The van der Waals surface area contributed by atoms with Crippen LogP contribution in [0.4, 0.5) is 4.79 Å².